The monoisotopic (exact) mass is 327 g/mol. The number of hydrogen-bond acceptors (Lipinski definition) is 4. The SMILES string of the molecule is Cc1c(Cl)ccc2sc(NC(=O)c3cccc(C#N)c3)nc12. The molecule has 0 spiro atoms. The highest BCUT2D eigenvalue weighted by molar-refractivity contribution is 7.22. The molecule has 22 heavy (non-hydrogen) atoms. The summed E-state index contributed by atoms with van der Waals surface area (Å²) in [5.41, 5.74) is 2.55. The van der Waals surface area contributed by atoms with Gasteiger partial charge in [0.1, 0.15) is 0 Å². The fraction of sp³-hybridized carbons (Fsp3) is 0.0625. The van der Waals surface area contributed by atoms with Crippen molar-refractivity contribution in [3.05, 3.63) is 58.1 Å². The summed E-state index contributed by atoms with van der Waals surface area (Å²) in [5.74, 6) is -0.292. The highest BCUT2D eigenvalue weighted by Crippen LogP contribution is 2.31. The standard InChI is InChI=1S/C16H10ClN3OS/c1-9-12(17)5-6-13-14(9)19-16(22-13)20-15(21)11-4-2-3-10(7-11)8-18/h2-7H,1H3,(H,19,20,21). The molecule has 3 rings (SSSR count). The van der Waals surface area contributed by atoms with E-state index in [9.17, 15) is 4.79 Å². The summed E-state index contributed by atoms with van der Waals surface area (Å²) >= 11 is 7.46. The number of thiazole rings is 1. The van der Waals surface area contributed by atoms with Gasteiger partial charge in [0.2, 0.25) is 0 Å². The Bertz CT molecular complexity index is 927. The van der Waals surface area contributed by atoms with Gasteiger partial charge >= 0.3 is 0 Å². The number of nitriles is 1. The molecule has 1 aromatic heterocycles. The van der Waals surface area contributed by atoms with Crippen molar-refractivity contribution in [3.63, 3.8) is 0 Å². The first kappa shape index (κ1) is 14.5. The zero-order valence-corrected chi connectivity index (χ0v) is 13.1. The summed E-state index contributed by atoms with van der Waals surface area (Å²) in [6.45, 7) is 1.90. The number of halogens is 1. The van der Waals surface area contributed by atoms with E-state index in [0.717, 1.165) is 15.8 Å². The molecule has 108 valence electrons. The van der Waals surface area contributed by atoms with E-state index >= 15 is 0 Å². The molecule has 2 aromatic carbocycles. The summed E-state index contributed by atoms with van der Waals surface area (Å²) in [6, 6.07) is 12.2. The second-order valence-corrected chi connectivity index (χ2v) is 6.12. The van der Waals surface area contributed by atoms with E-state index in [1.807, 2.05) is 25.1 Å². The second-order valence-electron chi connectivity index (χ2n) is 4.68. The Balaban J connectivity index is 1.91. The third-order valence-corrected chi connectivity index (χ3v) is 4.57. The number of nitrogens with one attached hydrogen (secondary N) is 1. The van der Waals surface area contributed by atoms with Gasteiger partial charge in [0.25, 0.3) is 5.91 Å². The second kappa shape index (κ2) is 5.76. The zero-order valence-electron chi connectivity index (χ0n) is 11.6. The number of carbonyl (C=O) groups excluding carboxylic acids is 1. The fourth-order valence-electron chi connectivity index (χ4n) is 2.05. The lowest BCUT2D eigenvalue weighted by molar-refractivity contribution is 0.102. The summed E-state index contributed by atoms with van der Waals surface area (Å²) in [6.07, 6.45) is 0. The molecule has 0 fully saturated rings. The molecule has 1 amide bonds. The first-order valence-corrected chi connectivity index (χ1v) is 7.65. The van der Waals surface area contributed by atoms with Gasteiger partial charge in [-0.05, 0) is 42.8 Å². The number of rotatable bonds is 2. The summed E-state index contributed by atoms with van der Waals surface area (Å²) < 4.78 is 0.961. The van der Waals surface area contributed by atoms with Crippen molar-refractivity contribution in [1.29, 1.82) is 5.26 Å². The number of hydrogen-bond donors (Lipinski definition) is 1. The molecule has 0 aliphatic carbocycles. The molecule has 1 heterocycles. The van der Waals surface area contributed by atoms with Gasteiger partial charge in [0, 0.05) is 10.6 Å². The number of nitrogens with zero attached hydrogens (tertiary/aromatic N) is 2. The predicted molar refractivity (Wildman–Crippen MR) is 88.5 cm³/mol. The minimum atomic E-state index is -0.292. The van der Waals surface area contributed by atoms with Crippen molar-refractivity contribution in [3.8, 4) is 6.07 Å². The molecular weight excluding hydrogens is 318 g/mol. The molecule has 1 N–H and O–H groups in total. The Morgan fingerprint density at radius 3 is 2.95 bits per heavy atom. The van der Waals surface area contributed by atoms with E-state index in [4.69, 9.17) is 16.9 Å². The maximum atomic E-state index is 12.2. The molecule has 0 aliphatic rings. The maximum absolute atomic E-state index is 12.2. The number of benzene rings is 2. The topological polar surface area (TPSA) is 65.8 Å². The van der Waals surface area contributed by atoms with Gasteiger partial charge in [-0.2, -0.15) is 5.26 Å². The van der Waals surface area contributed by atoms with Gasteiger partial charge in [0.05, 0.1) is 21.8 Å². The van der Waals surface area contributed by atoms with Crippen LogP contribution in [0.4, 0.5) is 5.13 Å². The number of fused-ring (bicyclic) bond motifs is 1. The van der Waals surface area contributed by atoms with Crippen LogP contribution in [-0.4, -0.2) is 10.9 Å². The smallest absolute Gasteiger partial charge is 0.257 e. The Hall–Kier alpha value is -2.42. The average Bonchev–Trinajstić information content (AvgIpc) is 2.94. The highest BCUT2D eigenvalue weighted by Gasteiger charge is 2.12. The van der Waals surface area contributed by atoms with E-state index in [2.05, 4.69) is 10.3 Å². The first-order chi connectivity index (χ1) is 10.6. The third-order valence-electron chi connectivity index (χ3n) is 3.22. The Morgan fingerprint density at radius 2 is 2.18 bits per heavy atom. The largest absolute Gasteiger partial charge is 0.298 e. The van der Waals surface area contributed by atoms with E-state index < -0.39 is 0 Å². The third kappa shape index (κ3) is 2.67. The van der Waals surface area contributed by atoms with Gasteiger partial charge in [-0.1, -0.05) is 29.0 Å². The molecular formula is C16H10ClN3OS. The highest BCUT2D eigenvalue weighted by atomic mass is 35.5. The quantitative estimate of drug-likeness (QED) is 0.759. The number of aromatic nitrogens is 1. The average molecular weight is 328 g/mol. The first-order valence-electron chi connectivity index (χ1n) is 6.45. The molecule has 0 unspecified atom stereocenters. The number of anilines is 1. The van der Waals surface area contributed by atoms with E-state index in [1.54, 1.807) is 24.3 Å². The Kier molecular flexibility index (Phi) is 3.80. The van der Waals surface area contributed by atoms with Crippen molar-refractivity contribution < 1.29 is 4.79 Å². The van der Waals surface area contributed by atoms with E-state index in [-0.39, 0.29) is 5.91 Å². The minimum Gasteiger partial charge on any atom is -0.298 e. The Labute approximate surface area is 136 Å². The molecule has 4 nitrogen and oxygen atoms in total. The normalized spacial score (nSPS) is 10.4. The molecule has 0 bridgehead atoms. The van der Waals surface area contributed by atoms with Crippen molar-refractivity contribution in [2.45, 2.75) is 6.92 Å². The van der Waals surface area contributed by atoms with Gasteiger partial charge in [-0.25, -0.2) is 4.98 Å². The molecule has 0 aliphatic heterocycles. The summed E-state index contributed by atoms with van der Waals surface area (Å²) in [7, 11) is 0. The fourth-order valence-corrected chi connectivity index (χ4v) is 3.13. The van der Waals surface area contributed by atoms with Crippen LogP contribution in [0.25, 0.3) is 10.2 Å². The molecule has 0 atom stereocenters. The lowest BCUT2D eigenvalue weighted by Crippen LogP contribution is -2.11. The lowest BCUT2D eigenvalue weighted by Gasteiger charge is -2.01. The molecule has 3 aromatic rings. The van der Waals surface area contributed by atoms with Crippen LogP contribution >= 0.6 is 22.9 Å². The van der Waals surface area contributed by atoms with Gasteiger partial charge in [-0.15, -0.1) is 0 Å². The van der Waals surface area contributed by atoms with Gasteiger partial charge in [0.15, 0.2) is 5.13 Å². The molecule has 0 saturated carbocycles. The van der Waals surface area contributed by atoms with Crippen molar-refractivity contribution >= 4 is 44.2 Å². The number of amides is 1. The van der Waals surface area contributed by atoms with Crippen LogP contribution in [0.3, 0.4) is 0 Å². The van der Waals surface area contributed by atoms with Crippen LogP contribution in [0.15, 0.2) is 36.4 Å². The summed E-state index contributed by atoms with van der Waals surface area (Å²) in [5, 5.41) is 12.8. The van der Waals surface area contributed by atoms with Crippen LogP contribution < -0.4 is 5.32 Å². The predicted octanol–water partition coefficient (Wildman–Crippen LogP) is 4.38. The number of carbonyl (C=O) groups is 1. The summed E-state index contributed by atoms with van der Waals surface area (Å²) in [4.78, 5) is 16.6. The van der Waals surface area contributed by atoms with Crippen molar-refractivity contribution in [2.75, 3.05) is 5.32 Å². The van der Waals surface area contributed by atoms with Crippen LogP contribution in [0, 0.1) is 18.3 Å². The lowest BCUT2D eigenvalue weighted by atomic mass is 10.1. The van der Waals surface area contributed by atoms with E-state index in [0.29, 0.717) is 21.3 Å². The number of aryl methyl sites for hydroxylation is 1. The van der Waals surface area contributed by atoms with E-state index in [1.165, 1.54) is 11.3 Å². The van der Waals surface area contributed by atoms with Crippen LogP contribution in [0.5, 0.6) is 0 Å². The van der Waals surface area contributed by atoms with Crippen LogP contribution in [-0.2, 0) is 0 Å². The zero-order chi connectivity index (χ0) is 15.7. The minimum absolute atomic E-state index is 0.292. The van der Waals surface area contributed by atoms with Crippen molar-refractivity contribution in [1.82, 2.24) is 4.98 Å². The van der Waals surface area contributed by atoms with Gasteiger partial charge < -0.3 is 0 Å². The molecule has 0 saturated heterocycles. The molecule has 6 heteroatoms. The van der Waals surface area contributed by atoms with Gasteiger partial charge in [-0.3, -0.25) is 10.1 Å². The van der Waals surface area contributed by atoms with Crippen LogP contribution in [0.1, 0.15) is 21.5 Å². The Morgan fingerprint density at radius 1 is 1.36 bits per heavy atom. The van der Waals surface area contributed by atoms with Crippen molar-refractivity contribution in [2.24, 2.45) is 0 Å². The molecule has 0 radical (unpaired) electrons. The van der Waals surface area contributed by atoms with Crippen LogP contribution in [0.2, 0.25) is 5.02 Å². The maximum Gasteiger partial charge on any atom is 0.257 e.